The maximum atomic E-state index is 5.78. The fraction of sp³-hybridized carbons (Fsp3) is 1.00. The van der Waals surface area contributed by atoms with E-state index in [1.807, 2.05) is 0 Å². The second kappa shape index (κ2) is 3.35. The van der Waals surface area contributed by atoms with E-state index in [9.17, 15) is 0 Å². The van der Waals surface area contributed by atoms with Crippen molar-refractivity contribution < 1.29 is 4.74 Å². The van der Waals surface area contributed by atoms with Crippen LogP contribution in [0.4, 0.5) is 0 Å². The van der Waals surface area contributed by atoms with Gasteiger partial charge in [0.2, 0.25) is 0 Å². The Morgan fingerprint density at radius 1 is 1.60 bits per heavy atom. The van der Waals surface area contributed by atoms with Crippen LogP contribution in [-0.2, 0) is 4.74 Å². The Morgan fingerprint density at radius 3 is 2.50 bits per heavy atom. The molecule has 0 spiro atoms. The van der Waals surface area contributed by atoms with Crippen molar-refractivity contribution in [2.24, 2.45) is 17.6 Å². The second-order valence-corrected chi connectivity index (χ2v) is 3.32. The van der Waals surface area contributed by atoms with E-state index in [-0.39, 0.29) is 0 Å². The van der Waals surface area contributed by atoms with Crippen molar-refractivity contribution in [3.05, 3.63) is 0 Å². The summed E-state index contributed by atoms with van der Waals surface area (Å²) >= 11 is 0. The Balaban J connectivity index is 2.26. The van der Waals surface area contributed by atoms with Crippen LogP contribution in [0.1, 0.15) is 19.8 Å². The predicted octanol–water partition coefficient (Wildman–Crippen LogP) is 1.01. The molecule has 1 fully saturated rings. The smallest absolute Gasteiger partial charge is 0.0507 e. The van der Waals surface area contributed by atoms with Crippen LogP contribution in [0.15, 0.2) is 0 Å². The van der Waals surface area contributed by atoms with E-state index in [1.165, 1.54) is 12.8 Å². The van der Waals surface area contributed by atoms with Crippen LogP contribution in [0.25, 0.3) is 0 Å². The molecule has 1 aliphatic rings. The number of ether oxygens (including phenoxy) is 1. The van der Waals surface area contributed by atoms with Gasteiger partial charge in [-0.25, -0.2) is 0 Å². The SMILES string of the molecule is COCC(C(C)N)C1CC1. The van der Waals surface area contributed by atoms with E-state index in [0.29, 0.717) is 12.0 Å². The lowest BCUT2D eigenvalue weighted by Gasteiger charge is -2.18. The zero-order valence-electron chi connectivity index (χ0n) is 6.84. The lowest BCUT2D eigenvalue weighted by Crippen LogP contribution is -2.31. The third kappa shape index (κ3) is 1.96. The molecule has 1 aliphatic carbocycles. The molecule has 0 aromatic heterocycles. The van der Waals surface area contributed by atoms with Gasteiger partial charge in [-0.2, -0.15) is 0 Å². The number of hydrogen-bond donors (Lipinski definition) is 1. The first kappa shape index (κ1) is 8.02. The highest BCUT2D eigenvalue weighted by atomic mass is 16.5. The van der Waals surface area contributed by atoms with E-state index in [0.717, 1.165) is 12.5 Å². The van der Waals surface area contributed by atoms with E-state index >= 15 is 0 Å². The lowest BCUT2D eigenvalue weighted by atomic mass is 9.98. The van der Waals surface area contributed by atoms with Gasteiger partial charge >= 0.3 is 0 Å². The maximum absolute atomic E-state index is 5.78. The summed E-state index contributed by atoms with van der Waals surface area (Å²) < 4.78 is 5.09. The van der Waals surface area contributed by atoms with Crippen molar-refractivity contribution in [1.82, 2.24) is 0 Å². The summed E-state index contributed by atoms with van der Waals surface area (Å²) in [5.41, 5.74) is 5.78. The first-order valence-corrected chi connectivity index (χ1v) is 4.00. The molecule has 2 heteroatoms. The van der Waals surface area contributed by atoms with Gasteiger partial charge in [-0.05, 0) is 31.6 Å². The molecule has 2 N–H and O–H groups in total. The Morgan fingerprint density at radius 2 is 2.20 bits per heavy atom. The van der Waals surface area contributed by atoms with Crippen molar-refractivity contribution in [2.45, 2.75) is 25.8 Å². The molecule has 0 saturated heterocycles. The molecule has 1 rings (SSSR count). The number of hydrogen-bond acceptors (Lipinski definition) is 2. The van der Waals surface area contributed by atoms with Crippen LogP contribution in [-0.4, -0.2) is 19.8 Å². The zero-order chi connectivity index (χ0) is 7.56. The summed E-state index contributed by atoms with van der Waals surface area (Å²) in [5.74, 6) is 1.46. The maximum Gasteiger partial charge on any atom is 0.0507 e. The molecule has 0 amide bonds. The summed E-state index contributed by atoms with van der Waals surface area (Å²) in [6.45, 7) is 2.91. The van der Waals surface area contributed by atoms with Gasteiger partial charge in [-0.15, -0.1) is 0 Å². The van der Waals surface area contributed by atoms with Crippen LogP contribution in [0.5, 0.6) is 0 Å². The monoisotopic (exact) mass is 143 g/mol. The van der Waals surface area contributed by atoms with Crippen LogP contribution >= 0.6 is 0 Å². The van der Waals surface area contributed by atoms with Gasteiger partial charge in [0, 0.05) is 13.2 Å². The highest BCUT2D eigenvalue weighted by Crippen LogP contribution is 2.38. The van der Waals surface area contributed by atoms with Gasteiger partial charge in [0.25, 0.3) is 0 Å². The zero-order valence-corrected chi connectivity index (χ0v) is 6.84. The molecule has 1 saturated carbocycles. The highest BCUT2D eigenvalue weighted by molar-refractivity contribution is 4.85. The van der Waals surface area contributed by atoms with E-state index < -0.39 is 0 Å². The van der Waals surface area contributed by atoms with Gasteiger partial charge in [0.05, 0.1) is 6.61 Å². The molecule has 60 valence electrons. The molecule has 2 atom stereocenters. The first-order chi connectivity index (χ1) is 4.75. The Kier molecular flexibility index (Phi) is 2.69. The van der Waals surface area contributed by atoms with Gasteiger partial charge < -0.3 is 10.5 Å². The summed E-state index contributed by atoms with van der Waals surface area (Å²) in [5, 5.41) is 0. The van der Waals surface area contributed by atoms with Crippen LogP contribution < -0.4 is 5.73 Å². The van der Waals surface area contributed by atoms with Crippen molar-refractivity contribution in [2.75, 3.05) is 13.7 Å². The predicted molar refractivity (Wildman–Crippen MR) is 41.7 cm³/mol. The molecule has 0 radical (unpaired) electrons. The van der Waals surface area contributed by atoms with Gasteiger partial charge in [0.15, 0.2) is 0 Å². The molecule has 2 nitrogen and oxygen atoms in total. The fourth-order valence-electron chi connectivity index (χ4n) is 1.43. The van der Waals surface area contributed by atoms with Crippen LogP contribution in [0.3, 0.4) is 0 Å². The Labute approximate surface area is 62.7 Å². The molecular weight excluding hydrogens is 126 g/mol. The summed E-state index contributed by atoms with van der Waals surface area (Å²) in [6.07, 6.45) is 2.71. The fourth-order valence-corrected chi connectivity index (χ4v) is 1.43. The molecule has 2 unspecified atom stereocenters. The second-order valence-electron chi connectivity index (χ2n) is 3.32. The summed E-state index contributed by atoms with van der Waals surface area (Å²) in [4.78, 5) is 0. The van der Waals surface area contributed by atoms with Crippen molar-refractivity contribution in [1.29, 1.82) is 0 Å². The standard InChI is InChI=1S/C8H17NO/c1-6(9)8(5-10-2)7-3-4-7/h6-8H,3-5,9H2,1-2H3. The topological polar surface area (TPSA) is 35.2 Å². The largest absolute Gasteiger partial charge is 0.384 e. The minimum absolute atomic E-state index is 0.299. The van der Waals surface area contributed by atoms with E-state index in [2.05, 4.69) is 6.92 Å². The van der Waals surface area contributed by atoms with Gasteiger partial charge in [-0.3, -0.25) is 0 Å². The van der Waals surface area contributed by atoms with Crippen molar-refractivity contribution in [3.63, 3.8) is 0 Å². The molecule has 0 heterocycles. The van der Waals surface area contributed by atoms with Crippen molar-refractivity contribution in [3.8, 4) is 0 Å². The molecule has 0 aliphatic heterocycles. The molecular formula is C8H17NO. The lowest BCUT2D eigenvalue weighted by molar-refractivity contribution is 0.130. The Bertz CT molecular complexity index is 97.4. The quantitative estimate of drug-likeness (QED) is 0.637. The van der Waals surface area contributed by atoms with Crippen molar-refractivity contribution >= 4 is 0 Å². The molecule has 0 aromatic carbocycles. The van der Waals surface area contributed by atoms with E-state index in [1.54, 1.807) is 7.11 Å². The third-order valence-electron chi connectivity index (χ3n) is 2.26. The van der Waals surface area contributed by atoms with Crippen LogP contribution in [0, 0.1) is 11.8 Å². The Hall–Kier alpha value is -0.0800. The number of rotatable bonds is 4. The molecule has 10 heavy (non-hydrogen) atoms. The molecule has 0 bridgehead atoms. The van der Waals surface area contributed by atoms with E-state index in [4.69, 9.17) is 10.5 Å². The average molecular weight is 143 g/mol. The number of methoxy groups -OCH3 is 1. The number of nitrogens with two attached hydrogens (primary N) is 1. The van der Waals surface area contributed by atoms with Crippen LogP contribution in [0.2, 0.25) is 0 Å². The minimum atomic E-state index is 0.299. The minimum Gasteiger partial charge on any atom is -0.384 e. The highest BCUT2D eigenvalue weighted by Gasteiger charge is 2.33. The summed E-state index contributed by atoms with van der Waals surface area (Å²) in [6, 6.07) is 0.299. The third-order valence-corrected chi connectivity index (χ3v) is 2.26. The van der Waals surface area contributed by atoms with Gasteiger partial charge in [0.1, 0.15) is 0 Å². The molecule has 0 aromatic rings. The van der Waals surface area contributed by atoms with Gasteiger partial charge in [-0.1, -0.05) is 0 Å². The summed E-state index contributed by atoms with van der Waals surface area (Å²) in [7, 11) is 1.75. The average Bonchev–Trinajstić information content (AvgIpc) is 2.63. The normalized spacial score (nSPS) is 24.3. The first-order valence-electron chi connectivity index (χ1n) is 4.00.